The van der Waals surface area contributed by atoms with Gasteiger partial charge in [0.2, 0.25) is 5.91 Å². The van der Waals surface area contributed by atoms with E-state index in [-0.39, 0.29) is 11.9 Å². The molecule has 0 unspecified atom stereocenters. The van der Waals surface area contributed by atoms with Crippen molar-refractivity contribution in [3.63, 3.8) is 0 Å². The normalized spacial score (nSPS) is 15.5. The van der Waals surface area contributed by atoms with E-state index in [1.165, 1.54) is 11.1 Å². The van der Waals surface area contributed by atoms with Crippen LogP contribution >= 0.6 is 11.6 Å². The Morgan fingerprint density at radius 1 is 0.871 bits per heavy atom. The van der Waals surface area contributed by atoms with Crippen molar-refractivity contribution in [2.24, 2.45) is 0 Å². The van der Waals surface area contributed by atoms with E-state index in [0.29, 0.717) is 6.42 Å². The van der Waals surface area contributed by atoms with Crippen LogP contribution in [-0.2, 0) is 11.2 Å². The zero-order valence-electron chi connectivity index (χ0n) is 17.7. The van der Waals surface area contributed by atoms with Crippen molar-refractivity contribution < 1.29 is 9.53 Å². The van der Waals surface area contributed by atoms with Gasteiger partial charge in [-0.15, -0.1) is 0 Å². The lowest BCUT2D eigenvalue weighted by Gasteiger charge is -2.40. The van der Waals surface area contributed by atoms with Gasteiger partial charge in [0, 0.05) is 31.2 Å². The van der Waals surface area contributed by atoms with Crippen molar-refractivity contribution in [3.05, 3.63) is 101 Å². The van der Waals surface area contributed by atoms with Crippen molar-refractivity contribution in [1.29, 1.82) is 0 Å². The molecule has 1 aliphatic rings. The van der Waals surface area contributed by atoms with Crippen LogP contribution in [0.25, 0.3) is 0 Å². The zero-order valence-corrected chi connectivity index (χ0v) is 18.5. The number of carbonyl (C=O) groups is 1. The van der Waals surface area contributed by atoms with Gasteiger partial charge in [0.25, 0.3) is 0 Å². The maximum atomic E-state index is 12.8. The van der Waals surface area contributed by atoms with E-state index in [9.17, 15) is 4.79 Å². The molecule has 0 N–H and O–H groups in total. The predicted molar refractivity (Wildman–Crippen MR) is 125 cm³/mol. The molecule has 160 valence electrons. The Balaban J connectivity index is 1.43. The number of carbonyl (C=O) groups excluding carboxylic acids is 1. The van der Waals surface area contributed by atoms with Crippen molar-refractivity contribution in [2.75, 3.05) is 33.3 Å². The lowest BCUT2D eigenvalue weighted by Crippen LogP contribution is -2.50. The summed E-state index contributed by atoms with van der Waals surface area (Å²) < 4.78 is 5.20. The molecular weight excluding hydrogens is 408 g/mol. The first-order chi connectivity index (χ1) is 15.1. The number of rotatable bonds is 6. The maximum absolute atomic E-state index is 12.8. The minimum Gasteiger partial charge on any atom is -0.497 e. The summed E-state index contributed by atoms with van der Waals surface area (Å²) in [6.45, 7) is 3.12. The molecule has 1 aliphatic heterocycles. The van der Waals surface area contributed by atoms with Gasteiger partial charge in [-0.2, -0.15) is 0 Å². The van der Waals surface area contributed by atoms with Crippen LogP contribution in [0.4, 0.5) is 0 Å². The van der Waals surface area contributed by atoms with Crippen LogP contribution in [0.15, 0.2) is 78.9 Å². The molecule has 1 atom stereocenters. The highest BCUT2D eigenvalue weighted by molar-refractivity contribution is 6.30. The molecule has 1 amide bonds. The summed E-state index contributed by atoms with van der Waals surface area (Å²) in [6.07, 6.45) is 0.420. The molecule has 0 spiro atoms. The molecule has 3 aromatic carbocycles. The number of halogens is 1. The molecule has 5 heteroatoms. The minimum absolute atomic E-state index is 0.150. The molecule has 4 nitrogen and oxygen atoms in total. The van der Waals surface area contributed by atoms with Gasteiger partial charge in [-0.3, -0.25) is 9.69 Å². The second-order valence-corrected chi connectivity index (χ2v) is 8.24. The Morgan fingerprint density at radius 2 is 1.48 bits per heavy atom. The van der Waals surface area contributed by atoms with E-state index >= 15 is 0 Å². The Morgan fingerprint density at radius 3 is 2.10 bits per heavy atom. The minimum atomic E-state index is 0.150. The van der Waals surface area contributed by atoms with Crippen LogP contribution in [0.2, 0.25) is 5.02 Å². The van der Waals surface area contributed by atoms with Gasteiger partial charge in [0.15, 0.2) is 0 Å². The average molecular weight is 435 g/mol. The van der Waals surface area contributed by atoms with Crippen LogP contribution in [0.3, 0.4) is 0 Å². The quantitative estimate of drug-likeness (QED) is 0.557. The monoisotopic (exact) mass is 434 g/mol. The molecule has 31 heavy (non-hydrogen) atoms. The highest BCUT2D eigenvalue weighted by Gasteiger charge is 2.28. The van der Waals surface area contributed by atoms with Crippen molar-refractivity contribution in [2.45, 2.75) is 12.5 Å². The summed E-state index contributed by atoms with van der Waals surface area (Å²) in [6, 6.07) is 26.5. The molecule has 4 rings (SSSR count). The third-order valence-corrected chi connectivity index (χ3v) is 6.10. The summed E-state index contributed by atoms with van der Waals surface area (Å²) in [4.78, 5) is 17.3. The number of amides is 1. The molecule has 0 radical (unpaired) electrons. The SMILES string of the molecule is COc1ccc(CC(=O)N2CCN([C@@H](c3ccccc3)c3ccc(Cl)cc3)CC2)cc1. The fourth-order valence-corrected chi connectivity index (χ4v) is 4.28. The van der Waals surface area contributed by atoms with Gasteiger partial charge in [-0.1, -0.05) is 66.2 Å². The Kier molecular flexibility index (Phi) is 6.90. The fourth-order valence-electron chi connectivity index (χ4n) is 4.15. The highest BCUT2D eigenvalue weighted by Crippen LogP contribution is 2.30. The fraction of sp³-hybridized carbons (Fsp3) is 0.269. The van der Waals surface area contributed by atoms with Crippen molar-refractivity contribution >= 4 is 17.5 Å². The average Bonchev–Trinajstić information content (AvgIpc) is 2.82. The third-order valence-electron chi connectivity index (χ3n) is 5.85. The van der Waals surface area contributed by atoms with E-state index in [2.05, 4.69) is 41.3 Å². The first kappa shape index (κ1) is 21.4. The molecule has 0 aliphatic carbocycles. The summed E-state index contributed by atoms with van der Waals surface area (Å²) in [5, 5.41) is 0.740. The molecule has 1 fully saturated rings. The molecule has 1 saturated heterocycles. The standard InChI is InChI=1S/C26H27ClN2O2/c1-31-24-13-7-20(8-14-24)19-25(30)28-15-17-29(18-16-28)26(21-5-3-2-4-6-21)22-9-11-23(27)12-10-22/h2-14,26H,15-19H2,1H3/t26-/m0/s1. The van der Waals surface area contributed by atoms with Crippen LogP contribution in [0, 0.1) is 0 Å². The smallest absolute Gasteiger partial charge is 0.227 e. The van der Waals surface area contributed by atoms with Gasteiger partial charge >= 0.3 is 0 Å². The number of piperazine rings is 1. The van der Waals surface area contributed by atoms with Gasteiger partial charge in [-0.05, 0) is 41.0 Å². The number of benzene rings is 3. The number of ether oxygens (including phenoxy) is 1. The molecule has 3 aromatic rings. The Bertz CT molecular complexity index is 982. The van der Waals surface area contributed by atoms with E-state index in [1.807, 2.05) is 47.4 Å². The second kappa shape index (κ2) is 9.99. The maximum Gasteiger partial charge on any atom is 0.227 e. The molecule has 0 aromatic heterocycles. The molecule has 0 bridgehead atoms. The van der Waals surface area contributed by atoms with Crippen LogP contribution in [-0.4, -0.2) is 49.0 Å². The van der Waals surface area contributed by atoms with Gasteiger partial charge in [0.05, 0.1) is 19.6 Å². The second-order valence-electron chi connectivity index (χ2n) is 7.81. The van der Waals surface area contributed by atoms with E-state index in [4.69, 9.17) is 16.3 Å². The van der Waals surface area contributed by atoms with E-state index in [1.54, 1.807) is 7.11 Å². The lowest BCUT2D eigenvalue weighted by molar-refractivity contribution is -0.132. The summed E-state index contributed by atoms with van der Waals surface area (Å²) in [5.41, 5.74) is 3.48. The first-order valence-corrected chi connectivity index (χ1v) is 11.0. The summed E-state index contributed by atoms with van der Waals surface area (Å²) in [5.74, 6) is 0.978. The van der Waals surface area contributed by atoms with Crippen LogP contribution in [0.1, 0.15) is 22.7 Å². The first-order valence-electron chi connectivity index (χ1n) is 10.6. The zero-order chi connectivity index (χ0) is 21.6. The number of methoxy groups -OCH3 is 1. The Hall–Kier alpha value is -2.82. The summed E-state index contributed by atoms with van der Waals surface area (Å²) >= 11 is 6.12. The van der Waals surface area contributed by atoms with Gasteiger partial charge < -0.3 is 9.64 Å². The van der Waals surface area contributed by atoms with E-state index < -0.39 is 0 Å². The van der Waals surface area contributed by atoms with Crippen LogP contribution in [0.5, 0.6) is 5.75 Å². The molecule has 0 saturated carbocycles. The number of nitrogens with zero attached hydrogens (tertiary/aromatic N) is 2. The Labute approximate surface area is 189 Å². The topological polar surface area (TPSA) is 32.8 Å². The lowest BCUT2D eigenvalue weighted by atomic mass is 9.96. The van der Waals surface area contributed by atoms with Crippen molar-refractivity contribution in [3.8, 4) is 5.75 Å². The number of hydrogen-bond acceptors (Lipinski definition) is 3. The van der Waals surface area contributed by atoms with E-state index in [0.717, 1.165) is 42.5 Å². The molecular formula is C26H27ClN2O2. The summed E-state index contributed by atoms with van der Waals surface area (Å²) in [7, 11) is 1.65. The van der Waals surface area contributed by atoms with Gasteiger partial charge in [-0.25, -0.2) is 0 Å². The third kappa shape index (κ3) is 5.27. The van der Waals surface area contributed by atoms with Crippen LogP contribution < -0.4 is 4.74 Å². The van der Waals surface area contributed by atoms with Gasteiger partial charge in [0.1, 0.15) is 5.75 Å². The predicted octanol–water partition coefficient (Wildman–Crippen LogP) is 4.82. The largest absolute Gasteiger partial charge is 0.497 e. The van der Waals surface area contributed by atoms with Crippen molar-refractivity contribution in [1.82, 2.24) is 9.80 Å². The number of hydrogen-bond donors (Lipinski definition) is 0. The highest BCUT2D eigenvalue weighted by atomic mass is 35.5. The molecule has 1 heterocycles.